The van der Waals surface area contributed by atoms with Crippen LogP contribution in [-0.4, -0.2) is 17.2 Å². The standard InChI is InChI=1S/C17H12F4N2O/c18-13-8-4-2-6-11(13)14-9-15(24)23-16(22-14)10-5-1-3-7-12(10)17(19,20)21/h1-9,15,24H,(H,22,23). The minimum Gasteiger partial charge on any atom is -0.368 e. The molecule has 0 saturated heterocycles. The van der Waals surface area contributed by atoms with E-state index in [0.717, 1.165) is 6.07 Å². The molecule has 0 saturated carbocycles. The van der Waals surface area contributed by atoms with E-state index >= 15 is 0 Å². The number of hydrogen-bond acceptors (Lipinski definition) is 3. The van der Waals surface area contributed by atoms with Crippen molar-refractivity contribution >= 4 is 11.5 Å². The van der Waals surface area contributed by atoms with Gasteiger partial charge in [0.15, 0.2) is 6.23 Å². The summed E-state index contributed by atoms with van der Waals surface area (Å²) in [5.74, 6) is -0.731. The van der Waals surface area contributed by atoms with Gasteiger partial charge in [0.25, 0.3) is 0 Å². The Labute approximate surface area is 135 Å². The SMILES string of the molecule is OC1C=C(c2ccccc2F)NC(c2ccccc2C(F)(F)F)=N1. The second-order valence-electron chi connectivity index (χ2n) is 5.12. The first-order chi connectivity index (χ1) is 11.4. The van der Waals surface area contributed by atoms with Gasteiger partial charge in [-0.15, -0.1) is 0 Å². The molecule has 24 heavy (non-hydrogen) atoms. The molecule has 0 bridgehead atoms. The van der Waals surface area contributed by atoms with Gasteiger partial charge in [-0.05, 0) is 24.3 Å². The lowest BCUT2D eigenvalue weighted by Crippen LogP contribution is -2.31. The molecule has 2 N–H and O–H groups in total. The lowest BCUT2D eigenvalue weighted by atomic mass is 10.0. The Morgan fingerprint density at radius 2 is 1.58 bits per heavy atom. The fourth-order valence-electron chi connectivity index (χ4n) is 2.43. The fraction of sp³-hybridized carbons (Fsp3) is 0.118. The number of amidine groups is 1. The van der Waals surface area contributed by atoms with E-state index in [0.29, 0.717) is 0 Å². The first-order valence-electron chi connectivity index (χ1n) is 7.02. The summed E-state index contributed by atoms with van der Waals surface area (Å²) in [6.07, 6.45) is -4.72. The quantitative estimate of drug-likeness (QED) is 0.824. The number of nitrogens with one attached hydrogen (secondary N) is 1. The molecule has 1 unspecified atom stereocenters. The Morgan fingerprint density at radius 3 is 2.25 bits per heavy atom. The van der Waals surface area contributed by atoms with Gasteiger partial charge >= 0.3 is 6.18 Å². The number of benzene rings is 2. The van der Waals surface area contributed by atoms with Gasteiger partial charge in [-0.25, -0.2) is 9.38 Å². The van der Waals surface area contributed by atoms with Crippen LogP contribution in [0.2, 0.25) is 0 Å². The van der Waals surface area contributed by atoms with Crippen LogP contribution in [0.15, 0.2) is 59.6 Å². The van der Waals surface area contributed by atoms with Crippen LogP contribution < -0.4 is 5.32 Å². The van der Waals surface area contributed by atoms with Gasteiger partial charge in [0.2, 0.25) is 0 Å². The zero-order valence-corrected chi connectivity index (χ0v) is 12.2. The van der Waals surface area contributed by atoms with E-state index in [1.54, 1.807) is 6.07 Å². The third-order valence-electron chi connectivity index (χ3n) is 3.48. The molecule has 0 amide bonds. The Morgan fingerprint density at radius 1 is 0.958 bits per heavy atom. The maximum Gasteiger partial charge on any atom is 0.417 e. The zero-order chi connectivity index (χ0) is 17.3. The van der Waals surface area contributed by atoms with E-state index in [1.165, 1.54) is 42.5 Å². The highest BCUT2D eigenvalue weighted by molar-refractivity contribution is 6.05. The van der Waals surface area contributed by atoms with Crippen LogP contribution in [0.1, 0.15) is 16.7 Å². The fourth-order valence-corrected chi connectivity index (χ4v) is 2.43. The number of aliphatic imine (C=N–C) groups is 1. The molecule has 1 aliphatic rings. The molecule has 3 nitrogen and oxygen atoms in total. The first kappa shape index (κ1) is 16.2. The molecule has 124 valence electrons. The Hall–Kier alpha value is -2.67. The maximum absolute atomic E-state index is 13.9. The third kappa shape index (κ3) is 3.16. The third-order valence-corrected chi connectivity index (χ3v) is 3.48. The maximum atomic E-state index is 13.9. The van der Waals surface area contributed by atoms with E-state index in [-0.39, 0.29) is 22.7 Å². The molecule has 0 spiro atoms. The number of halogens is 4. The lowest BCUT2D eigenvalue weighted by molar-refractivity contribution is -0.137. The number of nitrogens with zero attached hydrogens (tertiary/aromatic N) is 1. The van der Waals surface area contributed by atoms with Crippen LogP contribution in [0.3, 0.4) is 0 Å². The summed E-state index contributed by atoms with van der Waals surface area (Å²) >= 11 is 0. The molecular weight excluding hydrogens is 324 g/mol. The summed E-state index contributed by atoms with van der Waals surface area (Å²) in [5, 5.41) is 12.5. The number of hydrogen-bond donors (Lipinski definition) is 2. The lowest BCUT2D eigenvalue weighted by Gasteiger charge is -2.22. The van der Waals surface area contributed by atoms with Crippen LogP contribution in [0.5, 0.6) is 0 Å². The molecule has 1 atom stereocenters. The van der Waals surface area contributed by atoms with Gasteiger partial charge in [-0.2, -0.15) is 13.2 Å². The van der Waals surface area contributed by atoms with Crippen LogP contribution >= 0.6 is 0 Å². The normalized spacial score (nSPS) is 17.8. The Bertz CT molecular complexity index is 827. The van der Waals surface area contributed by atoms with Crippen LogP contribution in [0.4, 0.5) is 17.6 Å². The molecule has 0 aliphatic carbocycles. The topological polar surface area (TPSA) is 44.6 Å². The van der Waals surface area contributed by atoms with Crippen LogP contribution in [0, 0.1) is 5.82 Å². The van der Waals surface area contributed by atoms with Crippen molar-refractivity contribution in [1.82, 2.24) is 5.32 Å². The van der Waals surface area contributed by atoms with Crippen molar-refractivity contribution in [1.29, 1.82) is 0 Å². The largest absolute Gasteiger partial charge is 0.417 e. The number of aliphatic hydroxyl groups is 1. The van der Waals surface area contributed by atoms with Gasteiger partial charge in [-0.3, -0.25) is 0 Å². The van der Waals surface area contributed by atoms with Crippen LogP contribution in [-0.2, 0) is 6.18 Å². The second kappa shape index (κ2) is 6.09. The van der Waals surface area contributed by atoms with Crippen molar-refractivity contribution < 1.29 is 22.7 Å². The molecular formula is C17H12F4N2O. The summed E-state index contributed by atoms with van der Waals surface area (Å²) < 4.78 is 53.4. The predicted molar refractivity (Wildman–Crippen MR) is 81.5 cm³/mol. The van der Waals surface area contributed by atoms with Gasteiger partial charge in [-0.1, -0.05) is 30.3 Å². The second-order valence-corrected chi connectivity index (χ2v) is 5.12. The summed E-state index contributed by atoms with van der Waals surface area (Å²) in [6.45, 7) is 0. The molecule has 2 aromatic rings. The number of alkyl halides is 3. The monoisotopic (exact) mass is 336 g/mol. The molecule has 3 rings (SSSR count). The van der Waals surface area contributed by atoms with Crippen molar-refractivity contribution in [2.45, 2.75) is 12.4 Å². The molecule has 0 aromatic heterocycles. The molecule has 0 fully saturated rings. The van der Waals surface area contributed by atoms with Crippen LogP contribution in [0.25, 0.3) is 5.70 Å². The molecule has 2 aromatic carbocycles. The van der Waals surface area contributed by atoms with E-state index in [2.05, 4.69) is 10.3 Å². The summed E-state index contributed by atoms with van der Waals surface area (Å²) in [5.41, 5.74) is -0.819. The minimum absolute atomic E-state index is 0.133. The van der Waals surface area contributed by atoms with Gasteiger partial charge in [0.1, 0.15) is 11.7 Å². The summed E-state index contributed by atoms with van der Waals surface area (Å²) in [6, 6.07) is 10.6. The highest BCUT2D eigenvalue weighted by Gasteiger charge is 2.35. The van der Waals surface area contributed by atoms with Gasteiger partial charge in [0, 0.05) is 11.1 Å². The van der Waals surface area contributed by atoms with Crippen molar-refractivity contribution in [3.63, 3.8) is 0 Å². The average molecular weight is 336 g/mol. The van der Waals surface area contributed by atoms with E-state index in [9.17, 15) is 22.7 Å². The van der Waals surface area contributed by atoms with Gasteiger partial charge < -0.3 is 10.4 Å². The average Bonchev–Trinajstić information content (AvgIpc) is 2.54. The van der Waals surface area contributed by atoms with E-state index in [1.807, 2.05) is 0 Å². The van der Waals surface area contributed by atoms with Crippen molar-refractivity contribution in [3.05, 3.63) is 77.1 Å². The number of aliphatic hydroxyl groups excluding tert-OH is 1. The van der Waals surface area contributed by atoms with E-state index in [4.69, 9.17) is 0 Å². The molecule has 1 heterocycles. The molecule has 7 heteroatoms. The predicted octanol–water partition coefficient (Wildman–Crippen LogP) is 3.55. The smallest absolute Gasteiger partial charge is 0.368 e. The summed E-state index contributed by atoms with van der Waals surface area (Å²) in [7, 11) is 0. The van der Waals surface area contributed by atoms with Crippen molar-refractivity contribution in [2.24, 2.45) is 4.99 Å². The molecule has 0 radical (unpaired) electrons. The van der Waals surface area contributed by atoms with Gasteiger partial charge in [0.05, 0.1) is 11.3 Å². The Kier molecular flexibility index (Phi) is 4.11. The minimum atomic E-state index is -4.58. The van der Waals surface area contributed by atoms with Crippen molar-refractivity contribution in [2.75, 3.05) is 0 Å². The molecule has 1 aliphatic heterocycles. The van der Waals surface area contributed by atoms with Crippen molar-refractivity contribution in [3.8, 4) is 0 Å². The highest BCUT2D eigenvalue weighted by atomic mass is 19.4. The zero-order valence-electron chi connectivity index (χ0n) is 12.2. The highest BCUT2D eigenvalue weighted by Crippen LogP contribution is 2.33. The first-order valence-corrected chi connectivity index (χ1v) is 7.02. The van der Waals surface area contributed by atoms with E-state index < -0.39 is 23.8 Å². The number of rotatable bonds is 2. The summed E-state index contributed by atoms with van der Waals surface area (Å²) in [4.78, 5) is 3.79. The Balaban J connectivity index is 2.02.